The summed E-state index contributed by atoms with van der Waals surface area (Å²) in [4.78, 5) is 14.8. The van der Waals surface area contributed by atoms with E-state index in [1.54, 1.807) is 6.07 Å². The van der Waals surface area contributed by atoms with Gasteiger partial charge in [0, 0.05) is 5.56 Å². The molecule has 0 spiro atoms. The van der Waals surface area contributed by atoms with E-state index in [4.69, 9.17) is 5.11 Å². The second-order valence-electron chi connectivity index (χ2n) is 2.52. The summed E-state index contributed by atoms with van der Waals surface area (Å²) in [5.41, 5.74) is 0.225. The molecule has 0 aromatic heterocycles. The average molecular weight is 276 g/mol. The van der Waals surface area contributed by atoms with Crippen LogP contribution in [0.4, 0.5) is 4.39 Å². The summed E-state index contributed by atoms with van der Waals surface area (Å²) in [5, 5.41) is 10.5. The standard InChI is InChI=1S/C9H7BrFNO3/c10-8(9(13)14)15-12-5-6-3-1-2-4-7(6)11/h1-5,8H,(H,13,14). The summed E-state index contributed by atoms with van der Waals surface area (Å²) in [5.74, 6) is -1.66. The van der Waals surface area contributed by atoms with Gasteiger partial charge >= 0.3 is 5.97 Å². The summed E-state index contributed by atoms with van der Waals surface area (Å²) in [6.07, 6.45) is 1.10. The van der Waals surface area contributed by atoms with Crippen molar-refractivity contribution in [3.8, 4) is 0 Å². The van der Waals surface area contributed by atoms with Gasteiger partial charge in [-0.15, -0.1) is 0 Å². The molecule has 1 unspecified atom stereocenters. The highest BCUT2D eigenvalue weighted by Crippen LogP contribution is 2.05. The number of carbonyl (C=O) groups is 1. The zero-order valence-corrected chi connectivity index (χ0v) is 9.02. The van der Waals surface area contributed by atoms with Crippen molar-refractivity contribution >= 4 is 28.1 Å². The second-order valence-corrected chi connectivity index (χ2v) is 3.35. The fourth-order valence-corrected chi connectivity index (χ4v) is 0.862. The normalized spacial score (nSPS) is 12.7. The number of carboxylic acid groups (broad SMARTS) is 1. The zero-order valence-electron chi connectivity index (χ0n) is 7.43. The number of halogens is 2. The molecule has 0 aliphatic carbocycles. The molecule has 1 atom stereocenters. The molecular weight excluding hydrogens is 269 g/mol. The molecule has 0 aliphatic rings. The van der Waals surface area contributed by atoms with Gasteiger partial charge in [0.15, 0.2) is 0 Å². The summed E-state index contributed by atoms with van der Waals surface area (Å²) in [6, 6.07) is 5.93. The Bertz CT molecular complexity index is 383. The van der Waals surface area contributed by atoms with Gasteiger partial charge in [-0.1, -0.05) is 23.4 Å². The number of nitrogens with zero attached hydrogens (tertiary/aromatic N) is 1. The fourth-order valence-electron chi connectivity index (χ4n) is 0.766. The molecule has 6 heteroatoms. The maximum absolute atomic E-state index is 13.0. The third-order valence-electron chi connectivity index (χ3n) is 1.44. The van der Waals surface area contributed by atoms with Crippen LogP contribution < -0.4 is 0 Å². The Morgan fingerprint density at radius 1 is 1.60 bits per heavy atom. The number of benzene rings is 1. The third-order valence-corrected chi connectivity index (χ3v) is 2.00. The van der Waals surface area contributed by atoms with Crippen molar-refractivity contribution < 1.29 is 19.1 Å². The number of oxime groups is 1. The Hall–Kier alpha value is -1.43. The highest BCUT2D eigenvalue weighted by Gasteiger charge is 2.12. The Morgan fingerprint density at radius 3 is 2.87 bits per heavy atom. The zero-order chi connectivity index (χ0) is 11.3. The third kappa shape index (κ3) is 3.67. The quantitative estimate of drug-likeness (QED) is 0.519. The summed E-state index contributed by atoms with van der Waals surface area (Å²) in [6.45, 7) is 0. The number of carboxylic acids is 1. The first kappa shape index (κ1) is 11.6. The van der Waals surface area contributed by atoms with E-state index in [2.05, 4.69) is 25.9 Å². The number of hydrogen-bond acceptors (Lipinski definition) is 3. The molecule has 1 N–H and O–H groups in total. The molecule has 0 heterocycles. The van der Waals surface area contributed by atoms with Gasteiger partial charge in [0.2, 0.25) is 0 Å². The Morgan fingerprint density at radius 2 is 2.27 bits per heavy atom. The van der Waals surface area contributed by atoms with Gasteiger partial charge in [0.05, 0.1) is 6.21 Å². The monoisotopic (exact) mass is 275 g/mol. The lowest BCUT2D eigenvalue weighted by atomic mass is 10.2. The van der Waals surface area contributed by atoms with Crippen LogP contribution in [0.25, 0.3) is 0 Å². The van der Waals surface area contributed by atoms with Gasteiger partial charge in [-0.3, -0.25) is 0 Å². The molecule has 0 radical (unpaired) electrons. The highest BCUT2D eigenvalue weighted by atomic mass is 79.9. The molecule has 0 saturated carbocycles. The van der Waals surface area contributed by atoms with Crippen molar-refractivity contribution in [1.29, 1.82) is 0 Å². The lowest BCUT2D eigenvalue weighted by Crippen LogP contribution is -2.13. The van der Waals surface area contributed by atoms with Crippen LogP contribution in [0.2, 0.25) is 0 Å². The second kappa shape index (κ2) is 5.45. The molecule has 0 fully saturated rings. The van der Waals surface area contributed by atoms with Crippen LogP contribution in [0, 0.1) is 5.82 Å². The van der Waals surface area contributed by atoms with E-state index in [1.165, 1.54) is 18.2 Å². The van der Waals surface area contributed by atoms with Crippen molar-refractivity contribution in [1.82, 2.24) is 0 Å². The topological polar surface area (TPSA) is 58.9 Å². The molecule has 0 aliphatic heterocycles. The number of alkyl halides is 1. The molecule has 4 nitrogen and oxygen atoms in total. The van der Waals surface area contributed by atoms with Crippen LogP contribution >= 0.6 is 15.9 Å². The van der Waals surface area contributed by atoms with Gasteiger partial charge in [-0.2, -0.15) is 0 Å². The van der Waals surface area contributed by atoms with Crippen LogP contribution in [0.1, 0.15) is 5.56 Å². The molecule has 0 saturated heterocycles. The lowest BCUT2D eigenvalue weighted by molar-refractivity contribution is -0.144. The molecule has 1 rings (SSSR count). The van der Waals surface area contributed by atoms with Gasteiger partial charge in [0.1, 0.15) is 5.82 Å². The Balaban J connectivity index is 2.59. The molecule has 15 heavy (non-hydrogen) atoms. The first-order chi connectivity index (χ1) is 7.11. The summed E-state index contributed by atoms with van der Waals surface area (Å²) >= 11 is 2.71. The van der Waals surface area contributed by atoms with Crippen LogP contribution in [0.3, 0.4) is 0 Å². The molecule has 0 amide bonds. The predicted molar refractivity (Wildman–Crippen MR) is 55.4 cm³/mol. The van der Waals surface area contributed by atoms with Crippen molar-refractivity contribution in [3.05, 3.63) is 35.6 Å². The van der Waals surface area contributed by atoms with E-state index in [0.717, 1.165) is 6.21 Å². The molecule has 1 aromatic rings. The Labute approximate surface area is 93.5 Å². The Kier molecular flexibility index (Phi) is 4.23. The molecular formula is C9H7BrFNO3. The van der Waals surface area contributed by atoms with E-state index >= 15 is 0 Å². The van der Waals surface area contributed by atoms with E-state index in [1.807, 2.05) is 0 Å². The molecule has 1 aromatic carbocycles. The van der Waals surface area contributed by atoms with Crippen molar-refractivity contribution in [2.24, 2.45) is 5.16 Å². The number of hydrogen-bond donors (Lipinski definition) is 1. The van der Waals surface area contributed by atoms with Crippen LogP contribution in [0.15, 0.2) is 29.4 Å². The van der Waals surface area contributed by atoms with Crippen LogP contribution in [-0.4, -0.2) is 22.3 Å². The summed E-state index contributed by atoms with van der Waals surface area (Å²) in [7, 11) is 0. The van der Waals surface area contributed by atoms with E-state index in [-0.39, 0.29) is 5.56 Å². The highest BCUT2D eigenvalue weighted by molar-refractivity contribution is 9.09. The van der Waals surface area contributed by atoms with Gasteiger partial charge in [0.25, 0.3) is 5.01 Å². The smallest absolute Gasteiger partial charge is 0.359 e. The van der Waals surface area contributed by atoms with E-state index < -0.39 is 16.8 Å². The van der Waals surface area contributed by atoms with Crippen molar-refractivity contribution in [2.75, 3.05) is 0 Å². The minimum Gasteiger partial charge on any atom is -0.478 e. The SMILES string of the molecule is O=C(O)C(Br)ON=Cc1ccccc1F. The minimum atomic E-state index is -1.24. The van der Waals surface area contributed by atoms with Crippen molar-refractivity contribution in [3.63, 3.8) is 0 Å². The first-order valence-electron chi connectivity index (χ1n) is 3.92. The first-order valence-corrected chi connectivity index (χ1v) is 4.83. The number of rotatable bonds is 4. The van der Waals surface area contributed by atoms with E-state index in [0.29, 0.717) is 0 Å². The summed E-state index contributed by atoms with van der Waals surface area (Å²) < 4.78 is 13.0. The lowest BCUT2D eigenvalue weighted by Gasteiger charge is -2.00. The predicted octanol–water partition coefficient (Wildman–Crippen LogP) is 1.98. The van der Waals surface area contributed by atoms with Crippen LogP contribution in [-0.2, 0) is 9.63 Å². The van der Waals surface area contributed by atoms with Crippen molar-refractivity contribution in [2.45, 2.75) is 5.01 Å². The largest absolute Gasteiger partial charge is 0.478 e. The van der Waals surface area contributed by atoms with Crippen LogP contribution in [0.5, 0.6) is 0 Å². The molecule has 80 valence electrons. The molecule has 0 bridgehead atoms. The van der Waals surface area contributed by atoms with E-state index in [9.17, 15) is 9.18 Å². The van der Waals surface area contributed by atoms with Gasteiger partial charge in [-0.05, 0) is 22.0 Å². The van der Waals surface area contributed by atoms with Gasteiger partial charge in [-0.25, -0.2) is 9.18 Å². The maximum Gasteiger partial charge on any atom is 0.359 e. The minimum absolute atomic E-state index is 0.225. The fraction of sp³-hybridized carbons (Fsp3) is 0.111. The number of aliphatic carboxylic acids is 1. The maximum atomic E-state index is 13.0. The van der Waals surface area contributed by atoms with Gasteiger partial charge < -0.3 is 9.94 Å². The average Bonchev–Trinajstić information content (AvgIpc) is 2.20.